The third-order valence-corrected chi connectivity index (χ3v) is 5.70. The third-order valence-electron chi connectivity index (χ3n) is 5.48. The zero-order valence-electron chi connectivity index (χ0n) is 21.6. The molecule has 0 saturated carbocycles. The Morgan fingerprint density at radius 2 is 1.87 bits per heavy atom. The van der Waals surface area contributed by atoms with Crippen LogP contribution in [0, 0.1) is 10.1 Å². The van der Waals surface area contributed by atoms with E-state index in [1.54, 1.807) is 38.1 Å². The summed E-state index contributed by atoms with van der Waals surface area (Å²) in [6, 6.07) is 8.73. The van der Waals surface area contributed by atoms with Crippen LogP contribution in [0.25, 0.3) is 0 Å². The Morgan fingerprint density at radius 3 is 2.54 bits per heavy atom. The summed E-state index contributed by atoms with van der Waals surface area (Å²) in [5.74, 6) is -0.390. The normalized spacial score (nSPS) is 14.8. The fourth-order valence-electron chi connectivity index (χ4n) is 3.75. The van der Waals surface area contributed by atoms with Crippen molar-refractivity contribution in [2.75, 3.05) is 27.4 Å². The highest BCUT2D eigenvalue weighted by Crippen LogP contribution is 2.34. The summed E-state index contributed by atoms with van der Waals surface area (Å²) in [5, 5.41) is 21.5. The van der Waals surface area contributed by atoms with Crippen LogP contribution in [-0.2, 0) is 14.3 Å². The monoisotopic (exact) mass is 557 g/mol. The van der Waals surface area contributed by atoms with Gasteiger partial charge in [0.1, 0.15) is 5.75 Å². The maximum Gasteiger partial charge on any atom is 0.338 e. The zero-order valence-corrected chi connectivity index (χ0v) is 22.4. The van der Waals surface area contributed by atoms with Crippen molar-refractivity contribution in [2.45, 2.75) is 19.9 Å². The van der Waals surface area contributed by atoms with Gasteiger partial charge in [0.2, 0.25) is 0 Å². The lowest BCUT2D eigenvalue weighted by Crippen LogP contribution is -2.45. The number of nitro groups is 1. The van der Waals surface area contributed by atoms with Crippen LogP contribution in [0.1, 0.15) is 31.0 Å². The number of hydrogen-bond donors (Lipinski definition) is 3. The molecular formula is C25H27N5O8S. The van der Waals surface area contributed by atoms with Gasteiger partial charge in [0.15, 0.2) is 23.2 Å². The highest BCUT2D eigenvalue weighted by molar-refractivity contribution is 7.80. The number of carbonyl (C=O) groups excluding carboxylic acids is 2. The van der Waals surface area contributed by atoms with E-state index in [1.807, 2.05) is 0 Å². The quantitative estimate of drug-likeness (QED) is 0.122. The van der Waals surface area contributed by atoms with Crippen LogP contribution in [0.15, 0.2) is 52.8 Å². The molecule has 1 atom stereocenters. The summed E-state index contributed by atoms with van der Waals surface area (Å²) in [5.41, 5.74) is 3.49. The fraction of sp³-hybridized carbons (Fsp3) is 0.280. The van der Waals surface area contributed by atoms with E-state index in [1.165, 1.54) is 26.4 Å². The molecule has 1 aliphatic rings. The number of esters is 1. The number of ether oxygens (including phenoxy) is 4. The largest absolute Gasteiger partial charge is 0.493 e. The Bertz CT molecular complexity index is 1340. The Kier molecular flexibility index (Phi) is 9.75. The minimum Gasteiger partial charge on any atom is -0.493 e. The van der Waals surface area contributed by atoms with Gasteiger partial charge in [0.05, 0.1) is 55.2 Å². The van der Waals surface area contributed by atoms with E-state index in [2.05, 4.69) is 21.2 Å². The van der Waals surface area contributed by atoms with Crippen LogP contribution in [0.5, 0.6) is 17.2 Å². The number of amides is 1. The third kappa shape index (κ3) is 6.98. The lowest BCUT2D eigenvalue weighted by atomic mass is 9.95. The summed E-state index contributed by atoms with van der Waals surface area (Å²) in [7, 11) is 2.75. The Balaban J connectivity index is 1.75. The fourth-order valence-corrected chi connectivity index (χ4v) is 4.02. The first-order chi connectivity index (χ1) is 18.7. The second-order valence-electron chi connectivity index (χ2n) is 7.93. The van der Waals surface area contributed by atoms with Gasteiger partial charge in [-0.1, -0.05) is 18.2 Å². The molecule has 0 fully saturated rings. The predicted molar refractivity (Wildman–Crippen MR) is 145 cm³/mol. The molecule has 13 nitrogen and oxygen atoms in total. The van der Waals surface area contributed by atoms with Crippen molar-refractivity contribution in [1.82, 2.24) is 16.1 Å². The van der Waals surface area contributed by atoms with E-state index in [4.69, 9.17) is 31.2 Å². The molecule has 0 saturated heterocycles. The lowest BCUT2D eigenvalue weighted by Gasteiger charge is -2.30. The zero-order chi connectivity index (χ0) is 28.5. The minimum atomic E-state index is -0.680. The molecule has 0 unspecified atom stereocenters. The summed E-state index contributed by atoms with van der Waals surface area (Å²) < 4.78 is 21.2. The molecule has 0 spiro atoms. The van der Waals surface area contributed by atoms with Gasteiger partial charge < -0.3 is 29.6 Å². The van der Waals surface area contributed by atoms with Gasteiger partial charge in [-0.15, -0.1) is 0 Å². The first-order valence-electron chi connectivity index (χ1n) is 11.6. The average molecular weight is 558 g/mol. The second kappa shape index (κ2) is 13.2. The number of thiocarbonyl (C=S) groups is 1. The minimum absolute atomic E-state index is 0.0887. The molecule has 206 valence electrons. The van der Waals surface area contributed by atoms with E-state index in [-0.39, 0.29) is 29.4 Å². The molecule has 14 heteroatoms. The van der Waals surface area contributed by atoms with Crippen molar-refractivity contribution in [3.63, 3.8) is 0 Å². The van der Waals surface area contributed by atoms with E-state index in [0.29, 0.717) is 27.7 Å². The van der Waals surface area contributed by atoms with E-state index in [0.717, 1.165) is 6.21 Å². The van der Waals surface area contributed by atoms with Crippen LogP contribution >= 0.6 is 12.2 Å². The van der Waals surface area contributed by atoms with Gasteiger partial charge >= 0.3 is 5.97 Å². The van der Waals surface area contributed by atoms with Crippen LogP contribution in [0.3, 0.4) is 0 Å². The first-order valence-corrected chi connectivity index (χ1v) is 12.0. The van der Waals surface area contributed by atoms with Crippen molar-refractivity contribution in [3.8, 4) is 17.2 Å². The molecule has 39 heavy (non-hydrogen) atoms. The number of carbonyl (C=O) groups is 2. The van der Waals surface area contributed by atoms with Crippen molar-refractivity contribution in [3.05, 3.63) is 68.9 Å². The number of nitrogens with zero attached hydrogens (tertiary/aromatic N) is 2. The Labute approximate surface area is 229 Å². The Hall–Kier alpha value is -4.72. The predicted octanol–water partition coefficient (Wildman–Crippen LogP) is 2.50. The van der Waals surface area contributed by atoms with Gasteiger partial charge in [-0.25, -0.2) is 10.2 Å². The van der Waals surface area contributed by atoms with E-state index < -0.39 is 29.4 Å². The molecule has 3 N–H and O–H groups in total. The standard InChI is InChI=1S/C25H27N5O8S/c1-5-37-24(32)22-14(2)27-25(39)28-23(22)16-8-6-7-9-18(16)38-13-21(31)29-26-12-15-10-19(35-3)20(36-4)11-17(15)30(33)34/h6-12,23H,5,13H2,1-4H3,(H,29,31)(H2,27,28,39)/t23-/m0/s1. The molecule has 0 bridgehead atoms. The SMILES string of the molecule is CCOC(=O)C1=C(C)NC(=S)N[C@H]1c1ccccc1OCC(=O)NN=Cc1cc(OC)c(OC)cc1[N+](=O)[O-]. The van der Waals surface area contributed by atoms with E-state index >= 15 is 0 Å². The number of hydrogen-bond acceptors (Lipinski definition) is 10. The van der Waals surface area contributed by atoms with Crippen LogP contribution in [0.2, 0.25) is 0 Å². The number of para-hydroxylation sites is 1. The molecule has 2 aromatic rings. The molecule has 0 radical (unpaired) electrons. The van der Waals surface area contributed by atoms with Crippen molar-refractivity contribution < 1.29 is 33.5 Å². The van der Waals surface area contributed by atoms with Crippen molar-refractivity contribution in [1.29, 1.82) is 0 Å². The topological polar surface area (TPSA) is 163 Å². The maximum atomic E-state index is 12.7. The average Bonchev–Trinajstić information content (AvgIpc) is 2.91. The van der Waals surface area contributed by atoms with Gasteiger partial charge in [-0.05, 0) is 38.2 Å². The molecule has 1 heterocycles. The van der Waals surface area contributed by atoms with Gasteiger partial charge in [-0.2, -0.15) is 5.10 Å². The van der Waals surface area contributed by atoms with Gasteiger partial charge in [0.25, 0.3) is 11.6 Å². The molecule has 1 amide bonds. The number of benzene rings is 2. The maximum absolute atomic E-state index is 12.7. The number of methoxy groups -OCH3 is 2. The lowest BCUT2D eigenvalue weighted by molar-refractivity contribution is -0.385. The molecule has 1 aliphatic heterocycles. The molecule has 2 aromatic carbocycles. The number of nitrogens with one attached hydrogen (secondary N) is 3. The van der Waals surface area contributed by atoms with Gasteiger partial charge in [-0.3, -0.25) is 14.9 Å². The van der Waals surface area contributed by atoms with Crippen LogP contribution in [0.4, 0.5) is 5.69 Å². The van der Waals surface area contributed by atoms with Crippen molar-refractivity contribution >= 4 is 41.1 Å². The molecule has 0 aliphatic carbocycles. The molecular weight excluding hydrogens is 530 g/mol. The smallest absolute Gasteiger partial charge is 0.338 e. The molecule has 3 rings (SSSR count). The number of hydrazone groups is 1. The van der Waals surface area contributed by atoms with Crippen molar-refractivity contribution in [2.24, 2.45) is 5.10 Å². The summed E-state index contributed by atoms with van der Waals surface area (Å²) >= 11 is 5.27. The van der Waals surface area contributed by atoms with Crippen LogP contribution < -0.4 is 30.3 Å². The van der Waals surface area contributed by atoms with Crippen LogP contribution in [-0.4, -0.2) is 55.6 Å². The Morgan fingerprint density at radius 1 is 1.18 bits per heavy atom. The number of nitro benzene ring substituents is 1. The first kappa shape index (κ1) is 28.8. The number of rotatable bonds is 11. The number of allylic oxidation sites excluding steroid dienone is 1. The van der Waals surface area contributed by atoms with E-state index in [9.17, 15) is 19.7 Å². The summed E-state index contributed by atoms with van der Waals surface area (Å²) in [4.78, 5) is 35.9. The van der Waals surface area contributed by atoms with Gasteiger partial charge in [0, 0.05) is 11.3 Å². The highest BCUT2D eigenvalue weighted by Gasteiger charge is 2.32. The second-order valence-corrected chi connectivity index (χ2v) is 8.34. The molecule has 0 aromatic heterocycles. The highest BCUT2D eigenvalue weighted by atomic mass is 32.1. The summed E-state index contributed by atoms with van der Waals surface area (Å²) in [6.45, 7) is 3.18. The summed E-state index contributed by atoms with van der Waals surface area (Å²) in [6.07, 6.45) is 1.12.